The van der Waals surface area contributed by atoms with E-state index in [0.29, 0.717) is 18.5 Å². The van der Waals surface area contributed by atoms with Crippen LogP contribution >= 0.6 is 0 Å². The molecule has 21 heavy (non-hydrogen) atoms. The summed E-state index contributed by atoms with van der Waals surface area (Å²) in [5.41, 5.74) is 0.418. The molecule has 0 bridgehead atoms. The standard InChI is InChI=1S/C12H17NO6S.Na/c14-10-4-3-8(11(15)12(10)16)9-2-1-5-13(9)6-7-20(17,18)19;/h3-4,9,14-16H,1-2,5-7H2,(H,17,18,19);/q;+1/p-1. The first-order chi connectivity index (χ1) is 9.29. The molecule has 0 aliphatic carbocycles. The van der Waals surface area contributed by atoms with Crippen molar-refractivity contribution >= 4 is 10.1 Å². The molecule has 1 aliphatic rings. The molecule has 1 unspecified atom stereocenters. The molecule has 1 heterocycles. The van der Waals surface area contributed by atoms with Gasteiger partial charge in [0.25, 0.3) is 0 Å². The van der Waals surface area contributed by atoms with E-state index in [2.05, 4.69) is 0 Å². The largest absolute Gasteiger partial charge is 1.00 e. The molecule has 1 aliphatic heterocycles. The normalized spacial score (nSPS) is 19.4. The van der Waals surface area contributed by atoms with Crippen molar-refractivity contribution in [3.63, 3.8) is 0 Å². The minimum atomic E-state index is -4.29. The van der Waals surface area contributed by atoms with Crippen molar-refractivity contribution in [2.75, 3.05) is 18.8 Å². The van der Waals surface area contributed by atoms with Crippen molar-refractivity contribution in [3.05, 3.63) is 17.7 Å². The number of benzene rings is 1. The summed E-state index contributed by atoms with van der Waals surface area (Å²) in [6.45, 7) is 0.693. The smallest absolute Gasteiger partial charge is 0.748 e. The zero-order valence-corrected chi connectivity index (χ0v) is 14.5. The number of aromatic hydroxyl groups is 3. The van der Waals surface area contributed by atoms with Gasteiger partial charge in [-0.15, -0.1) is 0 Å². The fourth-order valence-corrected chi connectivity index (χ4v) is 2.99. The van der Waals surface area contributed by atoms with Crippen LogP contribution in [0, 0.1) is 0 Å². The Morgan fingerprint density at radius 3 is 2.52 bits per heavy atom. The van der Waals surface area contributed by atoms with E-state index in [-0.39, 0.29) is 42.1 Å². The fraction of sp³-hybridized carbons (Fsp3) is 0.500. The Morgan fingerprint density at radius 2 is 1.90 bits per heavy atom. The number of phenols is 3. The van der Waals surface area contributed by atoms with Crippen LogP contribution in [-0.2, 0) is 10.1 Å². The number of nitrogens with zero attached hydrogens (tertiary/aromatic N) is 1. The van der Waals surface area contributed by atoms with Crippen LogP contribution < -0.4 is 29.6 Å². The summed E-state index contributed by atoms with van der Waals surface area (Å²) in [6.07, 6.45) is 1.47. The van der Waals surface area contributed by atoms with Gasteiger partial charge in [0, 0.05) is 18.2 Å². The van der Waals surface area contributed by atoms with Gasteiger partial charge in [0.05, 0.1) is 15.9 Å². The Labute approximate surface area is 145 Å². The van der Waals surface area contributed by atoms with Crippen molar-refractivity contribution in [3.8, 4) is 17.2 Å². The van der Waals surface area contributed by atoms with E-state index >= 15 is 0 Å². The average molecular weight is 325 g/mol. The molecule has 1 atom stereocenters. The summed E-state index contributed by atoms with van der Waals surface area (Å²) in [6, 6.07) is 2.48. The third-order valence-electron chi connectivity index (χ3n) is 3.51. The molecule has 1 aromatic rings. The molecule has 0 amide bonds. The molecular weight excluding hydrogens is 309 g/mol. The number of hydrogen-bond donors (Lipinski definition) is 3. The van der Waals surface area contributed by atoms with E-state index in [0.717, 1.165) is 6.42 Å². The maximum absolute atomic E-state index is 10.7. The van der Waals surface area contributed by atoms with Gasteiger partial charge in [0.15, 0.2) is 11.5 Å². The molecule has 1 saturated heterocycles. The predicted octanol–water partition coefficient (Wildman–Crippen LogP) is -2.51. The molecule has 7 nitrogen and oxygen atoms in total. The number of rotatable bonds is 4. The van der Waals surface area contributed by atoms with Crippen LogP contribution in [0.4, 0.5) is 0 Å². The molecular formula is C12H16NNaO6S. The minimum absolute atomic E-state index is 0. The third-order valence-corrected chi connectivity index (χ3v) is 4.19. The Bertz CT molecular complexity index is 606. The Morgan fingerprint density at radius 1 is 1.24 bits per heavy atom. The Hall–Kier alpha value is -0.510. The van der Waals surface area contributed by atoms with Gasteiger partial charge in [0.1, 0.15) is 0 Å². The summed E-state index contributed by atoms with van der Waals surface area (Å²) in [7, 11) is -4.29. The van der Waals surface area contributed by atoms with E-state index in [9.17, 15) is 28.3 Å². The van der Waals surface area contributed by atoms with E-state index in [1.54, 1.807) is 4.90 Å². The first-order valence-electron chi connectivity index (χ1n) is 6.21. The maximum Gasteiger partial charge on any atom is 1.00 e. The topological polar surface area (TPSA) is 121 Å². The molecule has 9 heteroatoms. The molecule has 0 radical (unpaired) electrons. The van der Waals surface area contributed by atoms with Crippen molar-refractivity contribution in [1.82, 2.24) is 4.90 Å². The summed E-state index contributed by atoms with van der Waals surface area (Å²) < 4.78 is 32.1. The van der Waals surface area contributed by atoms with Crippen LogP contribution in [-0.4, -0.2) is 52.0 Å². The van der Waals surface area contributed by atoms with E-state index in [4.69, 9.17) is 0 Å². The van der Waals surface area contributed by atoms with Gasteiger partial charge in [-0.3, -0.25) is 4.90 Å². The van der Waals surface area contributed by atoms with Crippen LogP contribution in [0.25, 0.3) is 0 Å². The Balaban J connectivity index is 0.00000220. The van der Waals surface area contributed by atoms with E-state index < -0.39 is 33.1 Å². The second kappa shape index (κ2) is 7.17. The zero-order valence-electron chi connectivity index (χ0n) is 11.7. The van der Waals surface area contributed by atoms with Crippen molar-refractivity contribution in [2.45, 2.75) is 18.9 Å². The van der Waals surface area contributed by atoms with Gasteiger partial charge < -0.3 is 19.9 Å². The number of likely N-dealkylation sites (tertiary alicyclic amines) is 1. The molecule has 1 fully saturated rings. The quantitative estimate of drug-likeness (QED) is 0.317. The van der Waals surface area contributed by atoms with Crippen LogP contribution in [0.5, 0.6) is 17.2 Å². The number of hydrogen-bond acceptors (Lipinski definition) is 7. The molecule has 0 aromatic heterocycles. The van der Waals surface area contributed by atoms with E-state index in [1.807, 2.05) is 0 Å². The average Bonchev–Trinajstić information content (AvgIpc) is 2.81. The molecule has 3 N–H and O–H groups in total. The molecule has 2 rings (SSSR count). The molecule has 1 aromatic carbocycles. The second-order valence-electron chi connectivity index (χ2n) is 4.83. The van der Waals surface area contributed by atoms with Crippen LogP contribution in [0.3, 0.4) is 0 Å². The van der Waals surface area contributed by atoms with Gasteiger partial charge in [-0.2, -0.15) is 0 Å². The van der Waals surface area contributed by atoms with Gasteiger partial charge in [-0.05, 0) is 31.5 Å². The van der Waals surface area contributed by atoms with Gasteiger partial charge in [0.2, 0.25) is 5.75 Å². The third kappa shape index (κ3) is 4.48. The van der Waals surface area contributed by atoms with Gasteiger partial charge >= 0.3 is 29.6 Å². The minimum Gasteiger partial charge on any atom is -0.748 e. The first-order valence-corrected chi connectivity index (χ1v) is 7.79. The fourth-order valence-electron chi connectivity index (χ4n) is 2.53. The maximum atomic E-state index is 10.7. The van der Waals surface area contributed by atoms with Crippen molar-refractivity contribution < 1.29 is 57.8 Å². The predicted molar refractivity (Wildman–Crippen MR) is 69.5 cm³/mol. The second-order valence-corrected chi connectivity index (χ2v) is 6.35. The summed E-state index contributed by atoms with van der Waals surface area (Å²) >= 11 is 0. The molecule has 0 spiro atoms. The van der Waals surface area contributed by atoms with E-state index in [1.165, 1.54) is 12.1 Å². The van der Waals surface area contributed by atoms with Crippen LogP contribution in [0.2, 0.25) is 0 Å². The van der Waals surface area contributed by atoms with Crippen molar-refractivity contribution in [2.24, 2.45) is 0 Å². The Kier molecular flexibility index (Phi) is 6.33. The number of phenolic OH excluding ortho intramolecular Hbond substituents is 3. The SMILES string of the molecule is O=S(=O)([O-])CCN1CCCC1c1ccc(O)c(O)c1O.[Na+]. The molecule has 112 valence electrons. The van der Waals surface area contributed by atoms with Crippen molar-refractivity contribution in [1.29, 1.82) is 0 Å². The monoisotopic (exact) mass is 325 g/mol. The summed E-state index contributed by atoms with van der Waals surface area (Å²) in [4.78, 5) is 1.78. The first kappa shape index (κ1) is 18.5. The van der Waals surface area contributed by atoms with Gasteiger partial charge in [-0.1, -0.05) is 0 Å². The van der Waals surface area contributed by atoms with Gasteiger partial charge in [-0.25, -0.2) is 8.42 Å². The summed E-state index contributed by atoms with van der Waals surface area (Å²) in [5.74, 6) is -1.91. The molecule has 0 saturated carbocycles. The van der Waals surface area contributed by atoms with Crippen LogP contribution in [0.1, 0.15) is 24.4 Å². The summed E-state index contributed by atoms with van der Waals surface area (Å²) in [5, 5.41) is 28.7. The zero-order chi connectivity index (χ0) is 14.9. The van der Waals surface area contributed by atoms with Crippen LogP contribution in [0.15, 0.2) is 12.1 Å².